The van der Waals surface area contributed by atoms with Crippen molar-refractivity contribution in [2.24, 2.45) is 0 Å². The van der Waals surface area contributed by atoms with Crippen LogP contribution in [0.25, 0.3) is 10.9 Å². The summed E-state index contributed by atoms with van der Waals surface area (Å²) in [6.45, 7) is 6.59. The Labute approximate surface area is 152 Å². The summed E-state index contributed by atoms with van der Waals surface area (Å²) in [6.07, 6.45) is -2.30. The zero-order valence-corrected chi connectivity index (χ0v) is 15.8. The smallest absolute Gasteiger partial charge is 0.406 e. The summed E-state index contributed by atoms with van der Waals surface area (Å²) in [5.74, 6) is 0.658. The number of ether oxygens (including phenoxy) is 1. The third-order valence-electron chi connectivity index (χ3n) is 4.50. The number of nitrogens with one attached hydrogen (secondary N) is 2. The van der Waals surface area contributed by atoms with Gasteiger partial charge in [0.1, 0.15) is 12.3 Å². The van der Waals surface area contributed by atoms with E-state index < -0.39 is 12.7 Å². The minimum absolute atomic E-state index is 0.289. The number of nitrogens with zero attached hydrogens (tertiary/aromatic N) is 1. The lowest BCUT2D eigenvalue weighted by Gasteiger charge is -2.26. The van der Waals surface area contributed by atoms with Gasteiger partial charge in [-0.1, -0.05) is 13.8 Å². The average Bonchev–Trinajstić information content (AvgIpc) is 2.93. The summed E-state index contributed by atoms with van der Waals surface area (Å²) in [5, 5.41) is 7.56. The second-order valence-electron chi connectivity index (χ2n) is 6.23. The van der Waals surface area contributed by atoms with Gasteiger partial charge in [-0.2, -0.15) is 13.2 Å². The molecule has 1 fully saturated rings. The van der Waals surface area contributed by atoms with Gasteiger partial charge in [0.15, 0.2) is 0 Å². The fourth-order valence-electron chi connectivity index (χ4n) is 3.33. The van der Waals surface area contributed by atoms with Crippen LogP contribution in [0.2, 0.25) is 0 Å². The molecular formula is C19H28F3N3O. The first-order valence-electron chi connectivity index (χ1n) is 9.10. The molecule has 0 aliphatic carbocycles. The first-order valence-corrected chi connectivity index (χ1v) is 9.10. The highest BCUT2D eigenvalue weighted by molar-refractivity contribution is 5.96. The van der Waals surface area contributed by atoms with Gasteiger partial charge in [-0.05, 0) is 51.1 Å². The first kappa shape index (κ1) is 20.4. The number of piperidine rings is 1. The van der Waals surface area contributed by atoms with Crippen molar-refractivity contribution in [3.8, 4) is 5.75 Å². The quantitative estimate of drug-likeness (QED) is 0.817. The molecule has 0 saturated carbocycles. The highest BCUT2D eigenvalue weighted by Gasteiger charge is 2.30. The van der Waals surface area contributed by atoms with Crippen LogP contribution in [0.1, 0.15) is 32.4 Å². The molecule has 0 amide bonds. The monoisotopic (exact) mass is 371 g/mol. The molecule has 0 bridgehead atoms. The lowest BCUT2D eigenvalue weighted by atomic mass is 10.1. The molecule has 4 nitrogen and oxygen atoms in total. The molecule has 1 saturated heterocycles. The summed E-state index contributed by atoms with van der Waals surface area (Å²) >= 11 is 0. The third-order valence-corrected chi connectivity index (χ3v) is 4.50. The zero-order chi connectivity index (χ0) is 19.3. The summed E-state index contributed by atoms with van der Waals surface area (Å²) in [4.78, 5) is 0. The van der Waals surface area contributed by atoms with E-state index in [4.69, 9.17) is 4.74 Å². The van der Waals surface area contributed by atoms with E-state index in [0.717, 1.165) is 37.0 Å². The number of fused-ring (bicyclic) bond motifs is 1. The fraction of sp³-hybridized carbons (Fsp3) is 0.579. The van der Waals surface area contributed by atoms with Crippen molar-refractivity contribution in [2.45, 2.75) is 52.4 Å². The van der Waals surface area contributed by atoms with Crippen molar-refractivity contribution in [1.29, 1.82) is 0 Å². The van der Waals surface area contributed by atoms with E-state index in [1.807, 2.05) is 13.8 Å². The number of rotatable bonds is 4. The van der Waals surface area contributed by atoms with E-state index in [1.165, 1.54) is 4.57 Å². The number of benzene rings is 1. The lowest BCUT2D eigenvalue weighted by Crippen LogP contribution is -2.35. The molecule has 7 heteroatoms. The molecule has 2 aromatic rings. The largest absolute Gasteiger partial charge is 0.495 e. The van der Waals surface area contributed by atoms with Gasteiger partial charge in [0, 0.05) is 17.1 Å². The van der Waals surface area contributed by atoms with Gasteiger partial charge >= 0.3 is 6.18 Å². The molecule has 1 aromatic carbocycles. The number of alkyl halides is 3. The van der Waals surface area contributed by atoms with Crippen LogP contribution >= 0.6 is 0 Å². The first-order chi connectivity index (χ1) is 12.4. The van der Waals surface area contributed by atoms with Gasteiger partial charge in [-0.3, -0.25) is 0 Å². The van der Waals surface area contributed by atoms with Crippen molar-refractivity contribution >= 4 is 16.6 Å². The molecule has 146 valence electrons. The van der Waals surface area contributed by atoms with Crippen LogP contribution in [0.15, 0.2) is 18.2 Å². The molecule has 0 atom stereocenters. The summed E-state index contributed by atoms with van der Waals surface area (Å²) in [6, 6.07) is 5.52. The van der Waals surface area contributed by atoms with Crippen molar-refractivity contribution in [1.82, 2.24) is 9.88 Å². The molecule has 2 N–H and O–H groups in total. The normalized spacial score (nSPS) is 15.5. The van der Waals surface area contributed by atoms with Gasteiger partial charge < -0.3 is 19.9 Å². The molecule has 26 heavy (non-hydrogen) atoms. The Hall–Kier alpha value is -1.89. The van der Waals surface area contributed by atoms with Crippen molar-refractivity contribution < 1.29 is 17.9 Å². The maximum absolute atomic E-state index is 12.9. The van der Waals surface area contributed by atoms with Gasteiger partial charge in [0.05, 0.1) is 18.3 Å². The number of hydrogen-bond acceptors (Lipinski definition) is 3. The van der Waals surface area contributed by atoms with E-state index >= 15 is 0 Å². The molecular weight excluding hydrogens is 343 g/mol. The van der Waals surface area contributed by atoms with Crippen molar-refractivity contribution in [3.63, 3.8) is 0 Å². The third kappa shape index (κ3) is 4.63. The molecule has 1 aromatic heterocycles. The fourth-order valence-corrected chi connectivity index (χ4v) is 3.33. The van der Waals surface area contributed by atoms with Gasteiger partial charge in [0.25, 0.3) is 0 Å². The average molecular weight is 371 g/mol. The van der Waals surface area contributed by atoms with Crippen LogP contribution in [0.4, 0.5) is 18.9 Å². The van der Waals surface area contributed by atoms with Crippen molar-refractivity contribution in [3.05, 3.63) is 23.9 Å². The summed E-state index contributed by atoms with van der Waals surface area (Å²) in [7, 11) is 1.58. The Balaban J connectivity index is 0.00000117. The van der Waals surface area contributed by atoms with Crippen LogP contribution in [0.5, 0.6) is 5.75 Å². The predicted molar refractivity (Wildman–Crippen MR) is 100 cm³/mol. The minimum atomic E-state index is -4.25. The number of methoxy groups -OCH3 is 1. The van der Waals surface area contributed by atoms with Gasteiger partial charge in [0.2, 0.25) is 0 Å². The Bertz CT molecular complexity index is 719. The number of aromatic nitrogens is 1. The van der Waals surface area contributed by atoms with Crippen LogP contribution in [-0.4, -0.2) is 37.0 Å². The second kappa shape index (κ2) is 8.66. The van der Waals surface area contributed by atoms with Crippen LogP contribution < -0.4 is 15.4 Å². The summed E-state index contributed by atoms with van der Waals surface area (Å²) < 4.78 is 45.4. The SMILES string of the molecule is CC.COc1ccc2c(cc(C)n2CC(F)(F)F)c1NC1CCNCC1. The van der Waals surface area contributed by atoms with Gasteiger partial charge in [-0.25, -0.2) is 0 Å². The Kier molecular flexibility index (Phi) is 6.81. The molecule has 2 heterocycles. The Morgan fingerprint density at radius 3 is 2.46 bits per heavy atom. The van der Waals surface area contributed by atoms with E-state index in [2.05, 4.69) is 10.6 Å². The zero-order valence-electron chi connectivity index (χ0n) is 15.8. The number of aryl methyl sites for hydroxylation is 1. The topological polar surface area (TPSA) is 38.2 Å². The van der Waals surface area contributed by atoms with Crippen LogP contribution in [0, 0.1) is 6.92 Å². The number of halogens is 3. The molecule has 1 aliphatic heterocycles. The van der Waals surface area contributed by atoms with Crippen LogP contribution in [0.3, 0.4) is 0 Å². The maximum Gasteiger partial charge on any atom is 0.406 e. The highest BCUT2D eigenvalue weighted by atomic mass is 19.4. The van der Waals surface area contributed by atoms with Crippen molar-refractivity contribution in [2.75, 3.05) is 25.5 Å². The summed E-state index contributed by atoms with van der Waals surface area (Å²) in [5.41, 5.74) is 1.94. The minimum Gasteiger partial charge on any atom is -0.495 e. The molecule has 0 unspecified atom stereocenters. The van der Waals surface area contributed by atoms with E-state index in [0.29, 0.717) is 17.0 Å². The Morgan fingerprint density at radius 1 is 1.23 bits per heavy atom. The molecule has 0 radical (unpaired) electrons. The lowest BCUT2D eigenvalue weighted by molar-refractivity contribution is -0.140. The second-order valence-corrected chi connectivity index (χ2v) is 6.23. The molecule has 3 rings (SSSR count). The van der Waals surface area contributed by atoms with E-state index in [1.54, 1.807) is 32.2 Å². The van der Waals surface area contributed by atoms with Crippen LogP contribution in [-0.2, 0) is 6.54 Å². The number of anilines is 1. The standard InChI is InChI=1S/C17H22F3N3O.C2H6/c1-11-9-13-14(23(11)10-17(18,19)20)3-4-15(24-2)16(13)22-12-5-7-21-8-6-12;1-2/h3-4,9,12,21-22H,5-8,10H2,1-2H3;1-2H3. The predicted octanol–water partition coefficient (Wildman–Crippen LogP) is 4.71. The van der Waals surface area contributed by atoms with E-state index in [9.17, 15) is 13.2 Å². The molecule has 0 spiro atoms. The highest BCUT2D eigenvalue weighted by Crippen LogP contribution is 2.37. The maximum atomic E-state index is 12.9. The van der Waals surface area contributed by atoms with E-state index in [-0.39, 0.29) is 6.04 Å². The van der Waals surface area contributed by atoms with Gasteiger partial charge in [-0.15, -0.1) is 0 Å². The Morgan fingerprint density at radius 2 is 1.88 bits per heavy atom. The number of hydrogen-bond donors (Lipinski definition) is 2. The molecule has 1 aliphatic rings.